The second-order valence-corrected chi connectivity index (χ2v) is 4.52. The van der Waals surface area contributed by atoms with Crippen LogP contribution >= 0.6 is 0 Å². The van der Waals surface area contributed by atoms with Crippen molar-refractivity contribution in [3.8, 4) is 0 Å². The fourth-order valence-electron chi connectivity index (χ4n) is 2.29. The van der Waals surface area contributed by atoms with E-state index in [2.05, 4.69) is 10.1 Å². The number of hydrogen-bond acceptors (Lipinski definition) is 4. The molecule has 0 amide bonds. The Morgan fingerprint density at radius 2 is 2.22 bits per heavy atom. The second kappa shape index (κ2) is 4.29. The highest BCUT2D eigenvalue weighted by Gasteiger charge is 2.16. The van der Waals surface area contributed by atoms with Crippen LogP contribution in [0.15, 0.2) is 23.0 Å². The SMILES string of the molecule is Nc1cccc(Cn2nc3n(c2=O)CCCC3)n1. The molecule has 0 spiro atoms. The first-order chi connectivity index (χ1) is 8.74. The predicted octanol–water partition coefficient (Wildman–Crippen LogP) is 0.407. The van der Waals surface area contributed by atoms with Gasteiger partial charge in [0, 0.05) is 13.0 Å². The number of pyridine rings is 1. The second-order valence-electron chi connectivity index (χ2n) is 4.52. The Morgan fingerprint density at radius 1 is 1.33 bits per heavy atom. The molecule has 0 atom stereocenters. The van der Waals surface area contributed by atoms with Crippen LogP contribution in [0.1, 0.15) is 24.4 Å². The first-order valence-electron chi connectivity index (χ1n) is 6.12. The molecule has 0 radical (unpaired) electrons. The van der Waals surface area contributed by atoms with Gasteiger partial charge in [0.1, 0.15) is 11.6 Å². The lowest BCUT2D eigenvalue weighted by molar-refractivity contribution is 0.511. The van der Waals surface area contributed by atoms with Crippen molar-refractivity contribution >= 4 is 5.82 Å². The zero-order valence-electron chi connectivity index (χ0n) is 10.0. The number of aromatic nitrogens is 4. The van der Waals surface area contributed by atoms with Crippen molar-refractivity contribution in [3.63, 3.8) is 0 Å². The van der Waals surface area contributed by atoms with Crippen LogP contribution in [-0.4, -0.2) is 19.3 Å². The number of hydrogen-bond donors (Lipinski definition) is 1. The summed E-state index contributed by atoms with van der Waals surface area (Å²) in [5.74, 6) is 1.35. The highest BCUT2D eigenvalue weighted by Crippen LogP contribution is 2.10. The Labute approximate surface area is 104 Å². The molecule has 1 aliphatic heterocycles. The van der Waals surface area contributed by atoms with Gasteiger partial charge in [0.2, 0.25) is 0 Å². The van der Waals surface area contributed by atoms with Gasteiger partial charge < -0.3 is 5.73 Å². The topological polar surface area (TPSA) is 78.7 Å². The molecule has 6 nitrogen and oxygen atoms in total. The number of nitrogens with zero attached hydrogens (tertiary/aromatic N) is 4. The van der Waals surface area contributed by atoms with Crippen LogP contribution in [0, 0.1) is 0 Å². The van der Waals surface area contributed by atoms with Crippen molar-refractivity contribution < 1.29 is 0 Å². The first-order valence-corrected chi connectivity index (χ1v) is 6.12. The number of anilines is 1. The highest BCUT2D eigenvalue weighted by molar-refractivity contribution is 5.28. The summed E-state index contributed by atoms with van der Waals surface area (Å²) in [6.45, 7) is 1.16. The summed E-state index contributed by atoms with van der Waals surface area (Å²) in [5, 5.41) is 4.36. The van der Waals surface area contributed by atoms with Crippen molar-refractivity contribution in [2.24, 2.45) is 0 Å². The van der Waals surface area contributed by atoms with Gasteiger partial charge in [0.05, 0.1) is 12.2 Å². The van der Waals surface area contributed by atoms with Crippen molar-refractivity contribution in [2.45, 2.75) is 32.4 Å². The van der Waals surface area contributed by atoms with Crippen LogP contribution in [0.25, 0.3) is 0 Å². The van der Waals surface area contributed by atoms with Crippen LogP contribution < -0.4 is 11.4 Å². The molecule has 0 fully saturated rings. The summed E-state index contributed by atoms with van der Waals surface area (Å²) < 4.78 is 3.23. The fourth-order valence-corrected chi connectivity index (χ4v) is 2.29. The van der Waals surface area contributed by atoms with Gasteiger partial charge in [-0.25, -0.2) is 14.5 Å². The molecule has 94 valence electrons. The lowest BCUT2D eigenvalue weighted by Crippen LogP contribution is -2.27. The third kappa shape index (κ3) is 1.90. The molecule has 1 aliphatic rings. The van der Waals surface area contributed by atoms with Gasteiger partial charge in [-0.2, -0.15) is 5.10 Å². The maximum Gasteiger partial charge on any atom is 0.346 e. The molecule has 3 rings (SSSR count). The standard InChI is InChI=1S/C12H15N5O/c13-10-5-3-4-9(14-10)8-17-12(18)16-7-2-1-6-11(16)15-17/h3-5H,1-2,6-8H2,(H2,13,14). The fraction of sp³-hybridized carbons (Fsp3) is 0.417. The zero-order chi connectivity index (χ0) is 12.5. The third-order valence-corrected chi connectivity index (χ3v) is 3.17. The lowest BCUT2D eigenvalue weighted by atomic mass is 10.2. The van der Waals surface area contributed by atoms with E-state index in [0.29, 0.717) is 12.4 Å². The van der Waals surface area contributed by atoms with Crippen LogP contribution in [-0.2, 0) is 19.5 Å². The summed E-state index contributed by atoms with van der Waals surface area (Å²) in [6, 6.07) is 5.41. The van der Waals surface area contributed by atoms with Gasteiger partial charge in [0.25, 0.3) is 0 Å². The normalized spacial score (nSPS) is 14.4. The van der Waals surface area contributed by atoms with E-state index in [0.717, 1.165) is 37.3 Å². The van der Waals surface area contributed by atoms with E-state index in [1.807, 2.05) is 12.1 Å². The van der Waals surface area contributed by atoms with E-state index < -0.39 is 0 Å². The summed E-state index contributed by atoms with van der Waals surface area (Å²) in [4.78, 5) is 16.3. The Balaban J connectivity index is 1.94. The Hall–Kier alpha value is -2.11. The van der Waals surface area contributed by atoms with Crippen molar-refractivity contribution in [1.82, 2.24) is 19.3 Å². The molecule has 0 unspecified atom stereocenters. The van der Waals surface area contributed by atoms with Crippen LogP contribution in [0.5, 0.6) is 0 Å². The van der Waals surface area contributed by atoms with Gasteiger partial charge in [0.15, 0.2) is 0 Å². The smallest absolute Gasteiger partial charge is 0.346 e. The van der Waals surface area contributed by atoms with E-state index in [4.69, 9.17) is 5.73 Å². The average molecular weight is 245 g/mol. The molecule has 6 heteroatoms. The zero-order valence-corrected chi connectivity index (χ0v) is 10.0. The lowest BCUT2D eigenvalue weighted by Gasteiger charge is -2.09. The quantitative estimate of drug-likeness (QED) is 0.831. The molecule has 0 bridgehead atoms. The summed E-state index contributed by atoms with van der Waals surface area (Å²) in [7, 11) is 0. The van der Waals surface area contributed by atoms with Crippen molar-refractivity contribution in [3.05, 3.63) is 40.2 Å². The number of nitrogen functional groups attached to an aromatic ring is 1. The molecule has 0 saturated carbocycles. The van der Waals surface area contributed by atoms with Gasteiger partial charge >= 0.3 is 5.69 Å². The largest absolute Gasteiger partial charge is 0.384 e. The monoisotopic (exact) mass is 245 g/mol. The number of fused-ring (bicyclic) bond motifs is 1. The molecule has 0 aliphatic carbocycles. The Bertz CT molecular complexity index is 628. The summed E-state index contributed by atoms with van der Waals surface area (Å²) in [6.07, 6.45) is 3.04. The maximum absolute atomic E-state index is 12.1. The molecule has 0 aromatic carbocycles. The van der Waals surface area contributed by atoms with Gasteiger partial charge in [-0.1, -0.05) is 6.07 Å². The molecular weight excluding hydrogens is 230 g/mol. The molecule has 2 N–H and O–H groups in total. The van der Waals surface area contributed by atoms with E-state index in [-0.39, 0.29) is 5.69 Å². The van der Waals surface area contributed by atoms with Gasteiger partial charge in [-0.3, -0.25) is 4.57 Å². The highest BCUT2D eigenvalue weighted by atomic mass is 16.2. The first kappa shape index (κ1) is 11.0. The molecular formula is C12H15N5O. The minimum atomic E-state index is -0.0473. The number of aryl methyl sites for hydroxylation is 1. The van der Waals surface area contributed by atoms with Gasteiger partial charge in [-0.05, 0) is 25.0 Å². The Kier molecular flexibility index (Phi) is 2.62. The number of nitrogens with two attached hydrogens (primary N) is 1. The van der Waals surface area contributed by atoms with Crippen molar-refractivity contribution in [2.75, 3.05) is 5.73 Å². The van der Waals surface area contributed by atoms with E-state index in [9.17, 15) is 4.79 Å². The van der Waals surface area contributed by atoms with Crippen LogP contribution in [0.4, 0.5) is 5.82 Å². The number of rotatable bonds is 2. The predicted molar refractivity (Wildman–Crippen MR) is 67.2 cm³/mol. The van der Waals surface area contributed by atoms with E-state index >= 15 is 0 Å². The van der Waals surface area contributed by atoms with Gasteiger partial charge in [-0.15, -0.1) is 0 Å². The molecule has 2 aromatic rings. The maximum atomic E-state index is 12.1. The van der Waals surface area contributed by atoms with Crippen molar-refractivity contribution in [1.29, 1.82) is 0 Å². The van der Waals surface area contributed by atoms with Crippen LogP contribution in [0.3, 0.4) is 0 Å². The molecule has 3 heterocycles. The Morgan fingerprint density at radius 3 is 3.00 bits per heavy atom. The summed E-state index contributed by atoms with van der Waals surface area (Å²) in [5.41, 5.74) is 6.33. The van der Waals surface area contributed by atoms with E-state index in [1.54, 1.807) is 10.6 Å². The summed E-state index contributed by atoms with van der Waals surface area (Å²) >= 11 is 0. The molecule has 0 saturated heterocycles. The van der Waals surface area contributed by atoms with Crippen LogP contribution in [0.2, 0.25) is 0 Å². The minimum absolute atomic E-state index is 0.0473. The molecule has 18 heavy (non-hydrogen) atoms. The molecule has 2 aromatic heterocycles. The third-order valence-electron chi connectivity index (χ3n) is 3.17. The van der Waals surface area contributed by atoms with E-state index in [1.165, 1.54) is 4.68 Å². The average Bonchev–Trinajstić information content (AvgIpc) is 2.67. The minimum Gasteiger partial charge on any atom is -0.384 e.